The third-order valence-electron chi connectivity index (χ3n) is 4.52. The molecule has 0 spiro atoms. The number of amides is 1. The molecule has 1 aromatic carbocycles. The Balaban J connectivity index is 1.61. The molecule has 2 heterocycles. The van der Waals surface area contributed by atoms with E-state index in [1.807, 2.05) is 0 Å². The average molecular weight is 306 g/mol. The normalized spacial score (nSPS) is 24.2. The van der Waals surface area contributed by atoms with Crippen LogP contribution in [0.4, 0.5) is 4.39 Å². The summed E-state index contributed by atoms with van der Waals surface area (Å²) in [4.78, 5) is 12.2. The van der Waals surface area contributed by atoms with Gasteiger partial charge in [0.15, 0.2) is 0 Å². The number of nitrogens with one attached hydrogen (secondary N) is 2. The Morgan fingerprint density at radius 2 is 2.32 bits per heavy atom. The summed E-state index contributed by atoms with van der Waals surface area (Å²) in [5, 5.41) is 6.38. The van der Waals surface area contributed by atoms with Crippen LogP contribution in [0.1, 0.15) is 43.7 Å². The number of hydrogen-bond acceptors (Lipinski definition) is 3. The van der Waals surface area contributed by atoms with E-state index in [1.54, 1.807) is 6.07 Å². The average Bonchev–Trinajstić information content (AvgIpc) is 2.95. The summed E-state index contributed by atoms with van der Waals surface area (Å²) < 4.78 is 19.1. The quantitative estimate of drug-likeness (QED) is 0.899. The van der Waals surface area contributed by atoms with Crippen molar-refractivity contribution in [2.24, 2.45) is 5.92 Å². The van der Waals surface area contributed by atoms with Gasteiger partial charge in [-0.1, -0.05) is 0 Å². The van der Waals surface area contributed by atoms with Crippen molar-refractivity contribution >= 4 is 5.91 Å². The zero-order valence-corrected chi connectivity index (χ0v) is 12.7. The summed E-state index contributed by atoms with van der Waals surface area (Å²) in [6, 6.07) is 4.38. The number of rotatable bonds is 4. The van der Waals surface area contributed by atoms with Gasteiger partial charge in [-0.05, 0) is 62.9 Å². The molecule has 2 N–H and O–H groups in total. The topological polar surface area (TPSA) is 50.4 Å². The van der Waals surface area contributed by atoms with Crippen molar-refractivity contribution < 1.29 is 13.9 Å². The van der Waals surface area contributed by atoms with Crippen LogP contribution in [-0.2, 0) is 4.79 Å². The monoisotopic (exact) mass is 306 g/mol. The minimum atomic E-state index is -0.291. The number of benzene rings is 1. The molecule has 1 amide bonds. The third-order valence-corrected chi connectivity index (χ3v) is 4.52. The van der Waals surface area contributed by atoms with E-state index in [1.165, 1.54) is 12.1 Å². The van der Waals surface area contributed by atoms with E-state index in [4.69, 9.17) is 4.74 Å². The van der Waals surface area contributed by atoms with Gasteiger partial charge < -0.3 is 15.4 Å². The van der Waals surface area contributed by atoms with Gasteiger partial charge in [0.05, 0.1) is 12.6 Å². The van der Waals surface area contributed by atoms with Crippen LogP contribution in [0.3, 0.4) is 0 Å². The molecular weight excluding hydrogens is 283 g/mol. The van der Waals surface area contributed by atoms with E-state index < -0.39 is 0 Å². The van der Waals surface area contributed by atoms with E-state index in [-0.39, 0.29) is 17.8 Å². The lowest BCUT2D eigenvalue weighted by atomic mass is 10.00. The molecule has 5 heteroatoms. The Labute approximate surface area is 130 Å². The fraction of sp³-hybridized carbons (Fsp3) is 0.588. The van der Waals surface area contributed by atoms with Crippen molar-refractivity contribution in [1.29, 1.82) is 0 Å². The van der Waals surface area contributed by atoms with Gasteiger partial charge in [-0.3, -0.25) is 4.79 Å². The molecule has 0 radical (unpaired) electrons. The highest BCUT2D eigenvalue weighted by Crippen LogP contribution is 2.32. The Morgan fingerprint density at radius 3 is 3.14 bits per heavy atom. The lowest BCUT2D eigenvalue weighted by Crippen LogP contribution is -2.28. The predicted molar refractivity (Wildman–Crippen MR) is 82.2 cm³/mol. The predicted octanol–water partition coefficient (Wildman–Crippen LogP) is 2.55. The fourth-order valence-corrected chi connectivity index (χ4v) is 3.26. The van der Waals surface area contributed by atoms with Crippen LogP contribution in [0.2, 0.25) is 0 Å². The van der Waals surface area contributed by atoms with E-state index in [0.717, 1.165) is 44.3 Å². The van der Waals surface area contributed by atoms with Gasteiger partial charge >= 0.3 is 0 Å². The lowest BCUT2D eigenvalue weighted by molar-refractivity contribution is -0.122. The molecule has 3 rings (SSSR count). The van der Waals surface area contributed by atoms with Gasteiger partial charge in [0.2, 0.25) is 5.91 Å². The molecule has 2 aliphatic rings. The van der Waals surface area contributed by atoms with Gasteiger partial charge in [0.25, 0.3) is 0 Å². The second kappa shape index (κ2) is 7.09. The van der Waals surface area contributed by atoms with Crippen LogP contribution in [0, 0.1) is 11.7 Å². The Hall–Kier alpha value is -1.62. The maximum atomic E-state index is 13.5. The van der Waals surface area contributed by atoms with Crippen LogP contribution < -0.4 is 15.4 Å². The summed E-state index contributed by atoms with van der Waals surface area (Å²) in [6.07, 6.45) is 4.24. The number of ether oxygens (including phenoxy) is 1. The first-order valence-corrected chi connectivity index (χ1v) is 8.14. The molecule has 120 valence electrons. The van der Waals surface area contributed by atoms with E-state index in [0.29, 0.717) is 24.7 Å². The fourth-order valence-electron chi connectivity index (χ4n) is 3.26. The molecule has 22 heavy (non-hydrogen) atoms. The van der Waals surface area contributed by atoms with Gasteiger partial charge in [-0.15, -0.1) is 0 Å². The lowest BCUT2D eigenvalue weighted by Gasteiger charge is -2.19. The van der Waals surface area contributed by atoms with Crippen molar-refractivity contribution in [1.82, 2.24) is 10.6 Å². The number of fused-ring (bicyclic) bond motifs is 1. The van der Waals surface area contributed by atoms with Crippen LogP contribution in [0.15, 0.2) is 18.2 Å². The van der Waals surface area contributed by atoms with Crippen molar-refractivity contribution in [2.75, 3.05) is 19.7 Å². The molecule has 1 aromatic rings. The number of halogens is 1. The summed E-state index contributed by atoms with van der Waals surface area (Å²) in [7, 11) is 0. The highest BCUT2D eigenvalue weighted by atomic mass is 19.1. The summed E-state index contributed by atoms with van der Waals surface area (Å²) >= 11 is 0. The van der Waals surface area contributed by atoms with Crippen molar-refractivity contribution in [3.63, 3.8) is 0 Å². The summed E-state index contributed by atoms with van der Waals surface area (Å²) in [6.45, 7) is 2.68. The van der Waals surface area contributed by atoms with Gasteiger partial charge in [-0.2, -0.15) is 0 Å². The van der Waals surface area contributed by atoms with E-state index in [9.17, 15) is 9.18 Å². The second-order valence-corrected chi connectivity index (χ2v) is 6.19. The molecule has 2 atom stereocenters. The summed E-state index contributed by atoms with van der Waals surface area (Å²) in [5.74, 6) is 1.05. The molecule has 1 fully saturated rings. The highest BCUT2D eigenvalue weighted by Gasteiger charge is 2.23. The van der Waals surface area contributed by atoms with Gasteiger partial charge in [-0.25, -0.2) is 4.39 Å². The molecule has 1 saturated heterocycles. The molecule has 4 nitrogen and oxygen atoms in total. The van der Waals surface area contributed by atoms with Crippen LogP contribution in [0.5, 0.6) is 5.75 Å². The van der Waals surface area contributed by atoms with Gasteiger partial charge in [0, 0.05) is 12.0 Å². The second-order valence-electron chi connectivity index (χ2n) is 6.19. The minimum absolute atomic E-state index is 0.0500. The first-order valence-electron chi connectivity index (χ1n) is 8.14. The Kier molecular flexibility index (Phi) is 4.93. The molecule has 0 aliphatic carbocycles. The number of carbonyl (C=O) groups is 1. The van der Waals surface area contributed by atoms with Crippen LogP contribution in [0.25, 0.3) is 0 Å². The maximum Gasteiger partial charge on any atom is 0.220 e. The molecule has 0 saturated carbocycles. The Bertz CT molecular complexity index is 529. The largest absolute Gasteiger partial charge is 0.493 e. The van der Waals surface area contributed by atoms with Gasteiger partial charge in [0.1, 0.15) is 11.6 Å². The standard InChI is InChI=1S/C17H23FN2O2/c18-13-4-5-16-14(10-13)15(2-1-9-22-16)20-17(21)6-3-12-7-8-19-11-12/h4-5,10,12,15,19H,1-3,6-9,11H2,(H,20,21). The van der Waals surface area contributed by atoms with E-state index in [2.05, 4.69) is 10.6 Å². The van der Waals surface area contributed by atoms with Crippen molar-refractivity contribution in [3.05, 3.63) is 29.6 Å². The molecule has 2 unspecified atom stereocenters. The Morgan fingerprint density at radius 1 is 1.41 bits per heavy atom. The first-order chi connectivity index (χ1) is 10.7. The van der Waals surface area contributed by atoms with E-state index >= 15 is 0 Å². The zero-order chi connectivity index (χ0) is 15.4. The molecular formula is C17H23FN2O2. The minimum Gasteiger partial charge on any atom is -0.493 e. The maximum absolute atomic E-state index is 13.5. The highest BCUT2D eigenvalue weighted by molar-refractivity contribution is 5.76. The SMILES string of the molecule is O=C(CCC1CCNC1)NC1CCCOc2ccc(F)cc21. The third kappa shape index (κ3) is 3.77. The van der Waals surface area contributed by atoms with Crippen LogP contribution >= 0.6 is 0 Å². The molecule has 0 bridgehead atoms. The molecule has 2 aliphatic heterocycles. The van der Waals surface area contributed by atoms with Crippen LogP contribution in [-0.4, -0.2) is 25.6 Å². The van der Waals surface area contributed by atoms with Crippen molar-refractivity contribution in [2.45, 2.75) is 38.1 Å². The summed E-state index contributed by atoms with van der Waals surface area (Å²) in [5.41, 5.74) is 0.758. The number of carbonyl (C=O) groups excluding carboxylic acids is 1. The van der Waals surface area contributed by atoms with Crippen molar-refractivity contribution in [3.8, 4) is 5.75 Å². The zero-order valence-electron chi connectivity index (χ0n) is 12.7. The smallest absolute Gasteiger partial charge is 0.220 e. The number of hydrogen-bond donors (Lipinski definition) is 2. The molecule has 0 aromatic heterocycles. The first kappa shape index (κ1) is 15.3.